The van der Waals surface area contributed by atoms with E-state index >= 15 is 0 Å². The molecule has 2 aliphatic heterocycles. The Kier molecular flexibility index (Phi) is 5.76. The second-order valence-electron chi connectivity index (χ2n) is 7.27. The molecule has 0 spiro atoms. The van der Waals surface area contributed by atoms with Crippen LogP contribution in [0.2, 0.25) is 0 Å². The van der Waals surface area contributed by atoms with Crippen molar-refractivity contribution in [3.8, 4) is 0 Å². The molecular weight excluding hydrogens is 335 g/mol. The van der Waals surface area contributed by atoms with Gasteiger partial charge in [0.15, 0.2) is 0 Å². The molecule has 2 heterocycles. The molecule has 0 bridgehead atoms. The van der Waals surface area contributed by atoms with Crippen LogP contribution in [0, 0.1) is 12.7 Å². The topological polar surface area (TPSA) is 78.7 Å². The smallest absolute Gasteiger partial charge is 0.239 e. The number of carbonyl (C=O) groups excluding carboxylic acids is 2. The van der Waals surface area contributed by atoms with Gasteiger partial charge in [-0.3, -0.25) is 9.59 Å². The van der Waals surface area contributed by atoms with Crippen molar-refractivity contribution in [3.63, 3.8) is 0 Å². The van der Waals surface area contributed by atoms with Crippen LogP contribution in [0.1, 0.15) is 31.2 Å². The van der Waals surface area contributed by atoms with E-state index in [2.05, 4.69) is 10.2 Å². The molecule has 2 aliphatic rings. The van der Waals surface area contributed by atoms with Crippen LogP contribution in [0.4, 0.5) is 10.1 Å². The van der Waals surface area contributed by atoms with Gasteiger partial charge in [0.2, 0.25) is 11.8 Å². The number of anilines is 1. The van der Waals surface area contributed by atoms with Crippen LogP contribution in [0.3, 0.4) is 0 Å². The van der Waals surface area contributed by atoms with Gasteiger partial charge in [0.1, 0.15) is 11.9 Å². The molecule has 2 amide bonds. The van der Waals surface area contributed by atoms with Gasteiger partial charge in [0.05, 0.1) is 0 Å². The molecule has 26 heavy (non-hydrogen) atoms. The molecule has 3 rings (SSSR count). The Morgan fingerprint density at radius 1 is 1.38 bits per heavy atom. The lowest BCUT2D eigenvalue weighted by atomic mass is 10.0. The second-order valence-corrected chi connectivity index (χ2v) is 7.27. The number of carbonyl (C=O) groups is 2. The van der Waals surface area contributed by atoms with Crippen LogP contribution < -0.4 is 16.0 Å². The van der Waals surface area contributed by atoms with E-state index in [-0.39, 0.29) is 30.2 Å². The summed E-state index contributed by atoms with van der Waals surface area (Å²) in [4.78, 5) is 27.9. The minimum atomic E-state index is -0.708. The number of nitrogens with zero attached hydrogens (tertiary/aromatic N) is 2. The first-order valence-electron chi connectivity index (χ1n) is 9.29. The third-order valence-electron chi connectivity index (χ3n) is 5.19. The van der Waals surface area contributed by atoms with Crippen molar-refractivity contribution in [1.82, 2.24) is 10.2 Å². The molecule has 142 valence electrons. The Balaban J connectivity index is 1.55. The highest BCUT2D eigenvalue weighted by molar-refractivity contribution is 5.84. The van der Waals surface area contributed by atoms with Crippen LogP contribution >= 0.6 is 0 Å². The van der Waals surface area contributed by atoms with E-state index in [1.807, 2.05) is 6.92 Å². The van der Waals surface area contributed by atoms with Gasteiger partial charge < -0.3 is 20.9 Å². The first-order chi connectivity index (χ1) is 12.4. The summed E-state index contributed by atoms with van der Waals surface area (Å²) in [5.74, 6) is -0.383. The van der Waals surface area contributed by atoms with Gasteiger partial charge in [0, 0.05) is 44.3 Å². The highest BCUT2D eigenvalue weighted by atomic mass is 19.1. The minimum absolute atomic E-state index is 0.000956. The molecular formula is C19H27FN4O2. The predicted molar refractivity (Wildman–Crippen MR) is 98.3 cm³/mol. The van der Waals surface area contributed by atoms with E-state index in [0.717, 1.165) is 37.1 Å². The second kappa shape index (κ2) is 8.03. The maximum atomic E-state index is 13.3. The van der Waals surface area contributed by atoms with Gasteiger partial charge in [-0.1, -0.05) is 0 Å². The molecule has 7 heteroatoms. The zero-order valence-electron chi connectivity index (χ0n) is 15.2. The lowest BCUT2D eigenvalue weighted by Gasteiger charge is -2.36. The first kappa shape index (κ1) is 18.6. The van der Waals surface area contributed by atoms with Gasteiger partial charge in [0.25, 0.3) is 0 Å². The number of benzene rings is 1. The molecule has 1 aromatic rings. The Morgan fingerprint density at radius 2 is 2.19 bits per heavy atom. The van der Waals surface area contributed by atoms with Crippen molar-refractivity contribution in [2.45, 2.75) is 44.7 Å². The molecule has 1 aromatic carbocycles. The Labute approximate surface area is 153 Å². The van der Waals surface area contributed by atoms with Gasteiger partial charge >= 0.3 is 0 Å². The molecule has 0 radical (unpaired) electrons. The summed E-state index contributed by atoms with van der Waals surface area (Å²) < 4.78 is 13.3. The molecule has 6 nitrogen and oxygen atoms in total. The lowest BCUT2D eigenvalue weighted by Crippen LogP contribution is -2.54. The van der Waals surface area contributed by atoms with Gasteiger partial charge in [-0.25, -0.2) is 4.39 Å². The van der Waals surface area contributed by atoms with Crippen molar-refractivity contribution < 1.29 is 14.0 Å². The van der Waals surface area contributed by atoms with Gasteiger partial charge in [-0.05, 0) is 49.9 Å². The molecule has 0 saturated carbocycles. The van der Waals surface area contributed by atoms with E-state index in [9.17, 15) is 14.0 Å². The zero-order valence-corrected chi connectivity index (χ0v) is 15.2. The summed E-state index contributed by atoms with van der Waals surface area (Å²) in [6, 6.07) is 4.08. The monoisotopic (exact) mass is 362 g/mol. The number of halogens is 1. The van der Waals surface area contributed by atoms with E-state index in [1.54, 1.807) is 11.0 Å². The molecule has 0 aromatic heterocycles. The number of aryl methyl sites for hydroxylation is 1. The van der Waals surface area contributed by atoms with E-state index in [4.69, 9.17) is 5.73 Å². The number of nitrogens with two attached hydrogens (primary N) is 1. The maximum Gasteiger partial charge on any atom is 0.239 e. The minimum Gasteiger partial charge on any atom is -0.369 e. The lowest BCUT2D eigenvalue weighted by molar-refractivity contribution is -0.129. The Bertz CT molecular complexity index is 682. The van der Waals surface area contributed by atoms with Crippen LogP contribution in [-0.2, 0) is 9.59 Å². The number of amides is 2. The number of hydrogen-bond acceptors (Lipinski definition) is 4. The summed E-state index contributed by atoms with van der Waals surface area (Å²) >= 11 is 0. The number of nitrogens with one attached hydrogen (secondary N) is 1. The molecule has 0 aliphatic carbocycles. The SMILES string of the molecule is Cc1cc(F)ccc1N1CCCC(NC(=O)[C@@H](N)CN2CCCC2=O)C1. The standard InChI is InChI=1S/C19H27FN4O2/c1-13-10-14(20)6-7-17(13)23-8-2-4-15(11-23)22-19(26)16(21)12-24-9-3-5-18(24)25/h6-7,10,15-16H,2-5,8-9,11-12,21H2,1H3,(H,22,26)/t15?,16-/m0/s1. The largest absolute Gasteiger partial charge is 0.369 e. The average molecular weight is 362 g/mol. The third-order valence-corrected chi connectivity index (χ3v) is 5.19. The molecule has 2 saturated heterocycles. The fourth-order valence-corrected chi connectivity index (χ4v) is 3.81. The van der Waals surface area contributed by atoms with Crippen LogP contribution in [0.5, 0.6) is 0 Å². The summed E-state index contributed by atoms with van der Waals surface area (Å²) in [6.07, 6.45) is 3.21. The summed E-state index contributed by atoms with van der Waals surface area (Å²) in [5, 5.41) is 3.02. The highest BCUT2D eigenvalue weighted by Crippen LogP contribution is 2.24. The summed E-state index contributed by atoms with van der Waals surface area (Å²) in [5.41, 5.74) is 7.89. The van der Waals surface area contributed by atoms with Crippen LogP contribution in [0.15, 0.2) is 18.2 Å². The molecule has 1 unspecified atom stereocenters. The predicted octanol–water partition coefficient (Wildman–Crippen LogP) is 1.17. The maximum absolute atomic E-state index is 13.3. The van der Waals surface area contributed by atoms with Crippen molar-refractivity contribution in [2.24, 2.45) is 5.73 Å². The van der Waals surface area contributed by atoms with E-state index < -0.39 is 6.04 Å². The van der Waals surface area contributed by atoms with Crippen LogP contribution in [-0.4, -0.2) is 55.0 Å². The summed E-state index contributed by atoms with van der Waals surface area (Å²) in [7, 11) is 0. The van der Waals surface area contributed by atoms with Crippen molar-refractivity contribution in [1.29, 1.82) is 0 Å². The number of likely N-dealkylation sites (tertiary alicyclic amines) is 1. The summed E-state index contributed by atoms with van der Waals surface area (Å²) in [6.45, 7) is 4.41. The zero-order chi connectivity index (χ0) is 18.7. The number of piperidine rings is 1. The number of hydrogen-bond donors (Lipinski definition) is 2. The number of rotatable bonds is 5. The quantitative estimate of drug-likeness (QED) is 0.824. The molecule has 2 fully saturated rings. The highest BCUT2D eigenvalue weighted by Gasteiger charge is 2.28. The van der Waals surface area contributed by atoms with Crippen molar-refractivity contribution >= 4 is 17.5 Å². The van der Waals surface area contributed by atoms with E-state index in [1.165, 1.54) is 12.1 Å². The van der Waals surface area contributed by atoms with Crippen molar-refractivity contribution in [2.75, 3.05) is 31.1 Å². The fourth-order valence-electron chi connectivity index (χ4n) is 3.81. The Morgan fingerprint density at radius 3 is 2.88 bits per heavy atom. The van der Waals surface area contributed by atoms with Gasteiger partial charge in [-0.15, -0.1) is 0 Å². The molecule has 2 atom stereocenters. The third kappa shape index (κ3) is 4.33. The van der Waals surface area contributed by atoms with Crippen molar-refractivity contribution in [3.05, 3.63) is 29.6 Å². The normalized spacial score (nSPS) is 21.8. The Hall–Kier alpha value is -2.15. The first-order valence-corrected chi connectivity index (χ1v) is 9.29. The van der Waals surface area contributed by atoms with Gasteiger partial charge in [-0.2, -0.15) is 0 Å². The molecule has 3 N–H and O–H groups in total. The fraction of sp³-hybridized carbons (Fsp3) is 0.579. The average Bonchev–Trinajstić information content (AvgIpc) is 3.00. The van der Waals surface area contributed by atoms with E-state index in [0.29, 0.717) is 19.5 Å². The van der Waals surface area contributed by atoms with Crippen LogP contribution in [0.25, 0.3) is 0 Å².